The fourth-order valence-electron chi connectivity index (χ4n) is 2.15. The molecule has 112 valence electrons. The van der Waals surface area contributed by atoms with E-state index in [0.29, 0.717) is 29.7 Å². The Labute approximate surface area is 133 Å². The number of ether oxygens (including phenoxy) is 2. The van der Waals surface area contributed by atoms with Crippen molar-refractivity contribution >= 4 is 22.9 Å². The third-order valence-corrected chi connectivity index (χ3v) is 4.35. The summed E-state index contributed by atoms with van der Waals surface area (Å²) in [6.07, 6.45) is 1.12. The normalized spacial score (nSPS) is 13.4. The van der Waals surface area contributed by atoms with Crippen molar-refractivity contribution in [2.75, 3.05) is 19.8 Å². The van der Waals surface area contributed by atoms with Crippen LogP contribution in [-0.4, -0.2) is 24.7 Å². The molecule has 0 atom stereocenters. The van der Waals surface area contributed by atoms with Gasteiger partial charge in [-0.1, -0.05) is 18.5 Å². The minimum absolute atomic E-state index is 0.538. The quantitative estimate of drug-likeness (QED) is 0.851. The summed E-state index contributed by atoms with van der Waals surface area (Å²) < 4.78 is 11.1. The molecule has 0 aliphatic carbocycles. The molecule has 0 spiro atoms. The van der Waals surface area contributed by atoms with Crippen LogP contribution in [0.1, 0.15) is 19.0 Å². The zero-order chi connectivity index (χ0) is 14.7. The number of nitrogens with zero attached hydrogens (tertiary/aromatic N) is 1. The lowest BCUT2D eigenvalue weighted by Crippen LogP contribution is -2.15. The van der Waals surface area contributed by atoms with Gasteiger partial charge in [-0.15, -0.1) is 11.3 Å². The van der Waals surface area contributed by atoms with E-state index < -0.39 is 0 Å². The zero-order valence-electron chi connectivity index (χ0n) is 11.8. The number of rotatable bonds is 5. The first-order valence-corrected chi connectivity index (χ1v) is 8.28. The van der Waals surface area contributed by atoms with Crippen LogP contribution < -0.4 is 14.8 Å². The summed E-state index contributed by atoms with van der Waals surface area (Å²) in [5.74, 6) is 1.33. The van der Waals surface area contributed by atoms with Crippen LogP contribution in [0.2, 0.25) is 5.02 Å². The summed E-state index contributed by atoms with van der Waals surface area (Å²) >= 11 is 7.88. The summed E-state index contributed by atoms with van der Waals surface area (Å²) in [6.45, 7) is 5.04. The van der Waals surface area contributed by atoms with E-state index in [4.69, 9.17) is 21.1 Å². The Morgan fingerprint density at radius 2 is 2.19 bits per heavy atom. The molecule has 0 fully saturated rings. The number of aromatic nitrogens is 1. The molecule has 2 heterocycles. The first kappa shape index (κ1) is 14.6. The Kier molecular flexibility index (Phi) is 4.63. The minimum Gasteiger partial charge on any atom is -0.486 e. The van der Waals surface area contributed by atoms with Crippen LogP contribution in [0.3, 0.4) is 0 Å². The second-order valence-electron chi connectivity index (χ2n) is 4.80. The van der Waals surface area contributed by atoms with Crippen molar-refractivity contribution in [1.29, 1.82) is 0 Å². The summed E-state index contributed by atoms with van der Waals surface area (Å²) in [6, 6.07) is 3.83. The molecule has 4 nitrogen and oxygen atoms in total. The van der Waals surface area contributed by atoms with Crippen LogP contribution in [0, 0.1) is 0 Å². The number of nitrogens with one attached hydrogen (secondary N) is 1. The lowest BCUT2D eigenvalue weighted by atomic mass is 10.2. The number of benzene rings is 1. The molecule has 1 aromatic heterocycles. The Morgan fingerprint density at radius 3 is 3.05 bits per heavy atom. The maximum atomic E-state index is 6.27. The van der Waals surface area contributed by atoms with Gasteiger partial charge in [-0.25, -0.2) is 4.98 Å². The molecule has 0 radical (unpaired) electrons. The molecule has 1 aliphatic rings. The molecule has 1 aromatic carbocycles. The average Bonchev–Trinajstić information content (AvgIpc) is 2.96. The van der Waals surface area contributed by atoms with E-state index in [0.717, 1.165) is 35.8 Å². The summed E-state index contributed by atoms with van der Waals surface area (Å²) in [5.41, 5.74) is 2.02. The molecule has 21 heavy (non-hydrogen) atoms. The topological polar surface area (TPSA) is 43.4 Å². The van der Waals surface area contributed by atoms with E-state index in [2.05, 4.69) is 22.6 Å². The third-order valence-electron chi connectivity index (χ3n) is 3.13. The van der Waals surface area contributed by atoms with Gasteiger partial charge in [0.15, 0.2) is 11.5 Å². The molecular weight excluding hydrogens is 308 g/mol. The Hall–Kier alpha value is -1.30. The zero-order valence-corrected chi connectivity index (χ0v) is 13.4. The van der Waals surface area contributed by atoms with E-state index in [1.165, 1.54) is 0 Å². The largest absolute Gasteiger partial charge is 0.486 e. The smallest absolute Gasteiger partial charge is 0.179 e. The highest BCUT2D eigenvalue weighted by atomic mass is 35.5. The molecule has 0 saturated carbocycles. The van der Waals surface area contributed by atoms with E-state index in [1.807, 2.05) is 12.1 Å². The third kappa shape index (κ3) is 3.31. The maximum Gasteiger partial charge on any atom is 0.179 e. The van der Waals surface area contributed by atoms with Crippen molar-refractivity contribution in [1.82, 2.24) is 10.3 Å². The molecule has 0 saturated heterocycles. The van der Waals surface area contributed by atoms with Gasteiger partial charge < -0.3 is 14.8 Å². The molecule has 0 amide bonds. The molecule has 2 aromatic rings. The SMILES string of the molecule is CCCNCc1csc(-c2cc(Cl)c3c(c2)OCCO3)n1. The molecular formula is C15H17ClN2O2S. The van der Waals surface area contributed by atoms with Gasteiger partial charge >= 0.3 is 0 Å². The number of fused-ring (bicyclic) bond motifs is 1. The van der Waals surface area contributed by atoms with Crippen molar-refractivity contribution in [2.24, 2.45) is 0 Å². The van der Waals surface area contributed by atoms with E-state index in [1.54, 1.807) is 11.3 Å². The second-order valence-corrected chi connectivity index (χ2v) is 6.07. The van der Waals surface area contributed by atoms with Crippen LogP contribution in [-0.2, 0) is 6.54 Å². The van der Waals surface area contributed by atoms with E-state index >= 15 is 0 Å². The second kappa shape index (κ2) is 6.64. The van der Waals surface area contributed by atoms with Crippen molar-refractivity contribution in [3.05, 3.63) is 28.2 Å². The lowest BCUT2D eigenvalue weighted by molar-refractivity contribution is 0.172. The molecule has 0 bridgehead atoms. The van der Waals surface area contributed by atoms with Crippen LogP contribution >= 0.6 is 22.9 Å². The van der Waals surface area contributed by atoms with Crippen molar-refractivity contribution in [2.45, 2.75) is 19.9 Å². The number of hydrogen-bond acceptors (Lipinski definition) is 5. The first-order valence-electron chi connectivity index (χ1n) is 7.02. The highest BCUT2D eigenvalue weighted by Gasteiger charge is 2.18. The number of hydrogen-bond donors (Lipinski definition) is 1. The van der Waals surface area contributed by atoms with Gasteiger partial charge in [0.05, 0.1) is 10.7 Å². The van der Waals surface area contributed by atoms with Gasteiger partial charge in [0.1, 0.15) is 18.2 Å². The van der Waals surface area contributed by atoms with E-state index in [-0.39, 0.29) is 0 Å². The predicted octanol–water partition coefficient (Wildman–Crippen LogP) is 3.73. The van der Waals surface area contributed by atoms with Crippen molar-refractivity contribution in [3.63, 3.8) is 0 Å². The predicted molar refractivity (Wildman–Crippen MR) is 85.5 cm³/mol. The van der Waals surface area contributed by atoms with Gasteiger partial charge in [-0.05, 0) is 25.1 Å². The highest BCUT2D eigenvalue weighted by molar-refractivity contribution is 7.13. The molecule has 6 heteroatoms. The minimum atomic E-state index is 0.538. The van der Waals surface area contributed by atoms with Gasteiger partial charge in [0, 0.05) is 17.5 Å². The van der Waals surface area contributed by atoms with Crippen molar-refractivity contribution < 1.29 is 9.47 Å². The van der Waals surface area contributed by atoms with Gasteiger partial charge in [0.25, 0.3) is 0 Å². The highest BCUT2D eigenvalue weighted by Crippen LogP contribution is 2.41. The standard InChI is InChI=1S/C15H17ClN2O2S/c1-2-3-17-8-11-9-21-15(18-11)10-6-12(16)14-13(7-10)19-4-5-20-14/h6-7,9,17H,2-5,8H2,1H3. The maximum absolute atomic E-state index is 6.27. The molecule has 1 aliphatic heterocycles. The van der Waals surface area contributed by atoms with Crippen LogP contribution in [0.15, 0.2) is 17.5 Å². The molecule has 0 unspecified atom stereocenters. The Bertz CT molecular complexity index is 630. The fourth-order valence-corrected chi connectivity index (χ4v) is 3.22. The summed E-state index contributed by atoms with van der Waals surface area (Å²) in [5, 5.41) is 6.94. The molecule has 3 rings (SSSR count). The average molecular weight is 325 g/mol. The molecule has 1 N–H and O–H groups in total. The van der Waals surface area contributed by atoms with Crippen molar-refractivity contribution in [3.8, 4) is 22.1 Å². The van der Waals surface area contributed by atoms with Crippen LogP contribution in [0.5, 0.6) is 11.5 Å². The fraction of sp³-hybridized carbons (Fsp3) is 0.400. The van der Waals surface area contributed by atoms with E-state index in [9.17, 15) is 0 Å². The summed E-state index contributed by atoms with van der Waals surface area (Å²) in [7, 11) is 0. The summed E-state index contributed by atoms with van der Waals surface area (Å²) in [4.78, 5) is 4.64. The Morgan fingerprint density at radius 1 is 1.33 bits per heavy atom. The van der Waals surface area contributed by atoms with Crippen LogP contribution in [0.4, 0.5) is 0 Å². The van der Waals surface area contributed by atoms with Gasteiger partial charge in [-0.2, -0.15) is 0 Å². The number of halogens is 1. The monoisotopic (exact) mass is 324 g/mol. The van der Waals surface area contributed by atoms with Gasteiger partial charge in [0.2, 0.25) is 0 Å². The van der Waals surface area contributed by atoms with Gasteiger partial charge in [-0.3, -0.25) is 0 Å². The number of thiazole rings is 1. The van der Waals surface area contributed by atoms with Crippen LogP contribution in [0.25, 0.3) is 10.6 Å². The lowest BCUT2D eigenvalue weighted by Gasteiger charge is -2.19. The Balaban J connectivity index is 1.82. The first-order chi connectivity index (χ1) is 10.3.